The molecule has 2 fully saturated rings. The van der Waals surface area contributed by atoms with Gasteiger partial charge in [0.1, 0.15) is 0 Å². The zero-order valence-electron chi connectivity index (χ0n) is 16.5. The molecule has 0 radical (unpaired) electrons. The summed E-state index contributed by atoms with van der Waals surface area (Å²) < 4.78 is 7.41. The van der Waals surface area contributed by atoms with Crippen molar-refractivity contribution in [1.29, 1.82) is 0 Å². The summed E-state index contributed by atoms with van der Waals surface area (Å²) in [7, 11) is 0. The van der Waals surface area contributed by atoms with Crippen LogP contribution in [0.2, 0.25) is 0 Å². The SMILES string of the molecule is CCP1(c2ccccc2)(c2ccccc2)O[C@@](C)(C2CCCCC2)[C@@H]1C. The minimum atomic E-state index is -2.65. The molecule has 2 atom stereocenters. The second kappa shape index (κ2) is 6.47. The summed E-state index contributed by atoms with van der Waals surface area (Å²) in [6.07, 6.45) is 7.89. The molecule has 1 aliphatic heterocycles. The standard InChI is InChI=1S/C24H33OP/c1-4-26(22-16-10-6-11-17-22,23-18-12-7-13-19-23)20(2)24(3,25-26)21-14-8-5-9-15-21/h6-7,10-13,16-21H,4-5,8-9,14-15H2,1-3H3/t20-,24+/m0/s1. The Balaban J connectivity index is 1.87. The first-order chi connectivity index (χ1) is 12.6. The van der Waals surface area contributed by atoms with Crippen LogP contribution in [0.1, 0.15) is 52.9 Å². The Labute approximate surface area is 159 Å². The molecule has 1 saturated carbocycles. The van der Waals surface area contributed by atoms with Gasteiger partial charge in [0.2, 0.25) is 0 Å². The van der Waals surface area contributed by atoms with Crippen LogP contribution in [-0.4, -0.2) is 17.4 Å². The van der Waals surface area contributed by atoms with Crippen molar-refractivity contribution < 1.29 is 4.52 Å². The van der Waals surface area contributed by atoms with Gasteiger partial charge in [-0.25, -0.2) is 0 Å². The van der Waals surface area contributed by atoms with Crippen LogP contribution in [0.4, 0.5) is 0 Å². The van der Waals surface area contributed by atoms with Crippen LogP contribution >= 0.6 is 6.83 Å². The van der Waals surface area contributed by atoms with Gasteiger partial charge in [-0.3, -0.25) is 0 Å². The van der Waals surface area contributed by atoms with Gasteiger partial charge >= 0.3 is 159 Å². The quantitative estimate of drug-likeness (QED) is 0.612. The first-order valence-electron chi connectivity index (χ1n) is 10.4. The van der Waals surface area contributed by atoms with Gasteiger partial charge in [-0.15, -0.1) is 0 Å². The van der Waals surface area contributed by atoms with E-state index in [9.17, 15) is 0 Å². The number of hydrogen-bond donors (Lipinski definition) is 0. The Bertz CT molecular complexity index is 711. The van der Waals surface area contributed by atoms with Crippen molar-refractivity contribution in [3.63, 3.8) is 0 Å². The zero-order chi connectivity index (χ0) is 18.3. The van der Waals surface area contributed by atoms with Gasteiger partial charge in [0.15, 0.2) is 0 Å². The monoisotopic (exact) mass is 368 g/mol. The number of hydrogen-bond acceptors (Lipinski definition) is 1. The third kappa shape index (κ3) is 2.23. The molecule has 0 spiro atoms. The number of benzene rings is 2. The fourth-order valence-electron chi connectivity index (χ4n) is 6.10. The maximum atomic E-state index is 7.41. The van der Waals surface area contributed by atoms with Crippen LogP contribution in [0, 0.1) is 5.92 Å². The molecular weight excluding hydrogens is 335 g/mol. The molecule has 2 aromatic carbocycles. The van der Waals surface area contributed by atoms with E-state index < -0.39 is 6.83 Å². The van der Waals surface area contributed by atoms with Crippen LogP contribution < -0.4 is 10.6 Å². The average Bonchev–Trinajstić information content (AvgIpc) is 2.73. The average molecular weight is 369 g/mol. The molecule has 1 saturated heterocycles. The fraction of sp³-hybridized carbons (Fsp3) is 0.500. The van der Waals surface area contributed by atoms with Crippen molar-refractivity contribution in [2.45, 2.75) is 64.1 Å². The van der Waals surface area contributed by atoms with E-state index >= 15 is 0 Å². The van der Waals surface area contributed by atoms with Crippen molar-refractivity contribution in [2.75, 3.05) is 6.16 Å². The molecule has 1 aliphatic carbocycles. The summed E-state index contributed by atoms with van der Waals surface area (Å²) in [5, 5.41) is 2.88. The Hall–Kier alpha value is -1.17. The van der Waals surface area contributed by atoms with E-state index in [1.54, 1.807) is 0 Å². The summed E-state index contributed by atoms with van der Waals surface area (Å²) in [5.74, 6) is 0.709. The van der Waals surface area contributed by atoms with Crippen LogP contribution in [0.5, 0.6) is 0 Å². The third-order valence-electron chi connectivity index (χ3n) is 7.74. The predicted octanol–water partition coefficient (Wildman–Crippen LogP) is 5.88. The molecule has 0 amide bonds. The van der Waals surface area contributed by atoms with E-state index in [-0.39, 0.29) is 5.60 Å². The van der Waals surface area contributed by atoms with Crippen molar-refractivity contribution in [3.05, 3.63) is 60.7 Å². The van der Waals surface area contributed by atoms with Gasteiger partial charge in [-0.05, 0) is 0 Å². The van der Waals surface area contributed by atoms with Crippen molar-refractivity contribution >= 4 is 17.4 Å². The van der Waals surface area contributed by atoms with E-state index in [0.29, 0.717) is 11.6 Å². The fourth-order valence-corrected chi connectivity index (χ4v) is 13.1. The van der Waals surface area contributed by atoms with E-state index in [4.69, 9.17) is 4.52 Å². The molecule has 4 rings (SSSR count). The second-order valence-corrected chi connectivity index (χ2v) is 13.8. The molecular formula is C24H33OP. The Morgan fingerprint density at radius 3 is 1.81 bits per heavy atom. The minimum absolute atomic E-state index is 0.0138. The molecule has 1 heterocycles. The maximum absolute atomic E-state index is 7.41. The third-order valence-corrected chi connectivity index (χ3v) is 14.8. The van der Waals surface area contributed by atoms with E-state index in [1.165, 1.54) is 42.7 Å². The van der Waals surface area contributed by atoms with Gasteiger partial charge in [-0.2, -0.15) is 0 Å². The van der Waals surface area contributed by atoms with Crippen LogP contribution in [0.15, 0.2) is 60.7 Å². The van der Waals surface area contributed by atoms with Crippen LogP contribution in [-0.2, 0) is 4.52 Å². The first-order valence-corrected chi connectivity index (χ1v) is 12.8. The molecule has 2 aromatic rings. The molecule has 2 heteroatoms. The van der Waals surface area contributed by atoms with Crippen molar-refractivity contribution in [2.24, 2.45) is 5.92 Å². The first kappa shape index (κ1) is 18.2. The summed E-state index contributed by atoms with van der Waals surface area (Å²) in [5.41, 5.74) is 0.575. The Kier molecular flexibility index (Phi) is 4.53. The molecule has 2 aliphatic rings. The Morgan fingerprint density at radius 1 is 0.885 bits per heavy atom. The normalized spacial score (nSPS) is 32.1. The van der Waals surface area contributed by atoms with E-state index in [0.717, 1.165) is 6.16 Å². The topological polar surface area (TPSA) is 9.23 Å². The van der Waals surface area contributed by atoms with E-state index in [2.05, 4.69) is 81.4 Å². The predicted molar refractivity (Wildman–Crippen MR) is 115 cm³/mol. The number of rotatable bonds is 4. The summed E-state index contributed by atoms with van der Waals surface area (Å²) in [6, 6.07) is 22.3. The zero-order valence-corrected chi connectivity index (χ0v) is 17.4. The van der Waals surface area contributed by atoms with Gasteiger partial charge in [0, 0.05) is 0 Å². The van der Waals surface area contributed by atoms with Gasteiger partial charge in [-0.1, -0.05) is 0 Å². The Morgan fingerprint density at radius 2 is 1.38 bits per heavy atom. The van der Waals surface area contributed by atoms with Crippen LogP contribution in [0.25, 0.3) is 0 Å². The molecule has 140 valence electrons. The summed E-state index contributed by atoms with van der Waals surface area (Å²) in [4.78, 5) is 0. The summed E-state index contributed by atoms with van der Waals surface area (Å²) in [6.45, 7) is 4.63. The van der Waals surface area contributed by atoms with Gasteiger partial charge in [0.05, 0.1) is 0 Å². The summed E-state index contributed by atoms with van der Waals surface area (Å²) >= 11 is 0. The van der Waals surface area contributed by atoms with Crippen molar-refractivity contribution in [3.8, 4) is 0 Å². The molecule has 0 N–H and O–H groups in total. The van der Waals surface area contributed by atoms with Crippen LogP contribution in [0.3, 0.4) is 0 Å². The molecule has 1 nitrogen and oxygen atoms in total. The van der Waals surface area contributed by atoms with Gasteiger partial charge in [0.25, 0.3) is 0 Å². The second-order valence-electron chi connectivity index (χ2n) is 8.56. The van der Waals surface area contributed by atoms with E-state index in [1.807, 2.05) is 0 Å². The molecule has 0 bridgehead atoms. The molecule has 0 aromatic heterocycles. The molecule has 26 heavy (non-hydrogen) atoms. The van der Waals surface area contributed by atoms with Crippen molar-refractivity contribution in [1.82, 2.24) is 0 Å². The van der Waals surface area contributed by atoms with Gasteiger partial charge < -0.3 is 0 Å². The molecule has 0 unspecified atom stereocenters.